The number of urea groups is 1. The van der Waals surface area contributed by atoms with Crippen LogP contribution < -0.4 is 15.4 Å². The lowest BCUT2D eigenvalue weighted by Crippen LogP contribution is -2.19. The van der Waals surface area contributed by atoms with Gasteiger partial charge in [-0.2, -0.15) is 0 Å². The highest BCUT2D eigenvalue weighted by Gasteiger charge is 2.08. The number of carbonyl (C=O) groups excluding carboxylic acids is 1. The van der Waals surface area contributed by atoms with Gasteiger partial charge in [0.05, 0.1) is 11.6 Å². The van der Waals surface area contributed by atoms with Crippen molar-refractivity contribution in [1.29, 1.82) is 0 Å². The Bertz CT molecular complexity index is 602. The summed E-state index contributed by atoms with van der Waals surface area (Å²) < 4.78 is 5.97. The molecular weight excluding hydrogens is 332 g/mol. The third kappa shape index (κ3) is 3.65. The minimum Gasteiger partial charge on any atom is -0.495 e. The largest absolute Gasteiger partial charge is 0.495 e. The van der Waals surface area contributed by atoms with Gasteiger partial charge in [-0.3, -0.25) is 5.32 Å². The van der Waals surface area contributed by atoms with E-state index >= 15 is 0 Å². The van der Waals surface area contributed by atoms with Crippen molar-refractivity contribution in [3.8, 4) is 5.75 Å². The summed E-state index contributed by atoms with van der Waals surface area (Å²) in [5, 5.41) is 14.2. The zero-order chi connectivity index (χ0) is 13.8. The molecule has 0 saturated carbocycles. The van der Waals surface area contributed by atoms with Gasteiger partial charge in [-0.1, -0.05) is 11.3 Å². The number of rotatable bonds is 3. The second-order valence-corrected chi connectivity index (χ2v) is 5.59. The summed E-state index contributed by atoms with van der Waals surface area (Å²) in [5.41, 5.74) is 0.624. The van der Waals surface area contributed by atoms with E-state index in [-0.39, 0.29) is 6.03 Å². The second-order valence-electron chi connectivity index (χ2n) is 3.55. The van der Waals surface area contributed by atoms with Crippen LogP contribution >= 0.6 is 27.3 Å². The molecule has 2 aromatic rings. The SMILES string of the molecule is COc1cc(NC(=O)Nc2nnc(C)s2)ccc1Br. The fourth-order valence-corrected chi connectivity index (χ4v) is 2.34. The van der Waals surface area contributed by atoms with E-state index in [2.05, 4.69) is 36.8 Å². The van der Waals surface area contributed by atoms with Gasteiger partial charge in [-0.15, -0.1) is 10.2 Å². The lowest BCUT2D eigenvalue weighted by Gasteiger charge is -2.08. The standard InChI is InChI=1S/C11H11BrN4O2S/c1-6-15-16-11(19-6)14-10(17)13-7-3-4-8(12)9(5-7)18-2/h3-5H,1-2H3,(H2,13,14,16,17). The molecule has 0 spiro atoms. The van der Waals surface area contributed by atoms with Gasteiger partial charge in [-0.05, 0) is 35.0 Å². The number of hydrogen-bond donors (Lipinski definition) is 2. The first-order chi connectivity index (χ1) is 9.08. The third-order valence-corrected chi connectivity index (χ3v) is 3.56. The second kappa shape index (κ2) is 5.98. The summed E-state index contributed by atoms with van der Waals surface area (Å²) in [6.45, 7) is 1.82. The molecule has 0 aliphatic carbocycles. The number of hydrogen-bond acceptors (Lipinski definition) is 5. The molecule has 1 heterocycles. The molecule has 8 heteroatoms. The zero-order valence-electron chi connectivity index (χ0n) is 10.2. The quantitative estimate of drug-likeness (QED) is 0.897. The molecule has 0 unspecified atom stereocenters. The molecule has 100 valence electrons. The molecule has 2 rings (SSSR count). The minimum absolute atomic E-state index is 0.375. The number of ether oxygens (including phenoxy) is 1. The number of amides is 2. The van der Waals surface area contributed by atoms with Crippen molar-refractivity contribution in [2.75, 3.05) is 17.7 Å². The first-order valence-corrected chi connectivity index (χ1v) is 6.91. The zero-order valence-corrected chi connectivity index (χ0v) is 12.6. The molecule has 0 aliphatic rings. The average Bonchev–Trinajstić information content (AvgIpc) is 2.77. The molecule has 1 aromatic heterocycles. The number of aromatic nitrogens is 2. The average molecular weight is 343 g/mol. The van der Waals surface area contributed by atoms with E-state index in [4.69, 9.17) is 4.74 Å². The van der Waals surface area contributed by atoms with Gasteiger partial charge in [0.15, 0.2) is 0 Å². The predicted octanol–water partition coefficient (Wildman–Crippen LogP) is 3.26. The summed E-state index contributed by atoms with van der Waals surface area (Å²) >= 11 is 4.65. The Kier molecular flexibility index (Phi) is 4.33. The summed E-state index contributed by atoms with van der Waals surface area (Å²) in [4.78, 5) is 11.7. The topological polar surface area (TPSA) is 76.1 Å². The molecule has 6 nitrogen and oxygen atoms in total. The number of halogens is 1. The number of carbonyl (C=O) groups is 1. The minimum atomic E-state index is -0.375. The Balaban J connectivity index is 2.02. The van der Waals surface area contributed by atoms with Gasteiger partial charge in [-0.25, -0.2) is 4.79 Å². The normalized spacial score (nSPS) is 10.1. The smallest absolute Gasteiger partial charge is 0.325 e. The van der Waals surface area contributed by atoms with Crippen molar-refractivity contribution in [3.63, 3.8) is 0 Å². The van der Waals surface area contributed by atoms with Crippen molar-refractivity contribution in [1.82, 2.24) is 10.2 Å². The number of benzene rings is 1. The Morgan fingerprint density at radius 3 is 2.79 bits per heavy atom. The first-order valence-electron chi connectivity index (χ1n) is 5.30. The maximum Gasteiger partial charge on any atom is 0.325 e. The lowest BCUT2D eigenvalue weighted by molar-refractivity contribution is 0.262. The lowest BCUT2D eigenvalue weighted by atomic mass is 10.3. The Hall–Kier alpha value is -1.67. The predicted molar refractivity (Wildman–Crippen MR) is 78.0 cm³/mol. The van der Waals surface area contributed by atoms with Gasteiger partial charge < -0.3 is 10.1 Å². The van der Waals surface area contributed by atoms with Gasteiger partial charge >= 0.3 is 6.03 Å². The van der Waals surface area contributed by atoms with Crippen LogP contribution in [0.25, 0.3) is 0 Å². The van der Waals surface area contributed by atoms with Gasteiger partial charge in [0, 0.05) is 11.8 Å². The molecule has 0 aliphatic heterocycles. The first kappa shape index (κ1) is 13.8. The van der Waals surface area contributed by atoms with Crippen molar-refractivity contribution < 1.29 is 9.53 Å². The van der Waals surface area contributed by atoms with Crippen LogP contribution in [0.1, 0.15) is 5.01 Å². The molecule has 0 bridgehead atoms. The number of nitrogens with zero attached hydrogens (tertiary/aromatic N) is 2. The molecular formula is C11H11BrN4O2S. The summed E-state index contributed by atoms with van der Waals surface area (Å²) in [7, 11) is 1.56. The molecule has 0 fully saturated rings. The molecule has 0 saturated heterocycles. The van der Waals surface area contributed by atoms with Crippen LogP contribution in [0.4, 0.5) is 15.6 Å². The maximum atomic E-state index is 11.7. The fourth-order valence-electron chi connectivity index (χ4n) is 1.34. The summed E-state index contributed by atoms with van der Waals surface area (Å²) in [6.07, 6.45) is 0. The van der Waals surface area contributed by atoms with E-state index in [1.807, 2.05) is 6.92 Å². The van der Waals surface area contributed by atoms with Crippen molar-refractivity contribution >= 4 is 44.1 Å². The van der Waals surface area contributed by atoms with Crippen molar-refractivity contribution in [2.45, 2.75) is 6.92 Å². The Labute approximate surface area is 122 Å². The highest BCUT2D eigenvalue weighted by Crippen LogP contribution is 2.27. The maximum absolute atomic E-state index is 11.7. The van der Waals surface area contributed by atoms with Gasteiger partial charge in [0.2, 0.25) is 5.13 Å². The summed E-state index contributed by atoms with van der Waals surface area (Å²) in [6, 6.07) is 4.90. The van der Waals surface area contributed by atoms with Crippen LogP contribution in [-0.2, 0) is 0 Å². The van der Waals surface area contributed by atoms with Crippen LogP contribution in [0.3, 0.4) is 0 Å². The van der Waals surface area contributed by atoms with E-state index in [0.717, 1.165) is 9.48 Å². The number of anilines is 2. The molecule has 2 amide bonds. The van der Waals surface area contributed by atoms with Crippen LogP contribution in [0, 0.1) is 6.92 Å². The van der Waals surface area contributed by atoms with Crippen LogP contribution in [0.2, 0.25) is 0 Å². The van der Waals surface area contributed by atoms with Crippen LogP contribution in [0.5, 0.6) is 5.75 Å². The van der Waals surface area contributed by atoms with Crippen LogP contribution in [0.15, 0.2) is 22.7 Å². The van der Waals surface area contributed by atoms with Crippen molar-refractivity contribution in [2.24, 2.45) is 0 Å². The summed E-state index contributed by atoms with van der Waals surface area (Å²) in [5.74, 6) is 0.643. The number of aryl methyl sites for hydroxylation is 1. The van der Waals surface area contributed by atoms with Crippen LogP contribution in [-0.4, -0.2) is 23.3 Å². The Morgan fingerprint density at radius 1 is 1.37 bits per heavy atom. The molecule has 0 atom stereocenters. The molecule has 0 radical (unpaired) electrons. The number of methoxy groups -OCH3 is 1. The highest BCUT2D eigenvalue weighted by atomic mass is 79.9. The molecule has 1 aromatic carbocycles. The van der Waals surface area contributed by atoms with E-state index in [0.29, 0.717) is 16.6 Å². The van der Waals surface area contributed by atoms with E-state index < -0.39 is 0 Å². The van der Waals surface area contributed by atoms with E-state index in [1.165, 1.54) is 11.3 Å². The fraction of sp³-hybridized carbons (Fsp3) is 0.182. The number of nitrogens with one attached hydrogen (secondary N) is 2. The van der Waals surface area contributed by atoms with Gasteiger partial charge in [0.25, 0.3) is 0 Å². The Morgan fingerprint density at radius 2 is 2.16 bits per heavy atom. The monoisotopic (exact) mass is 342 g/mol. The highest BCUT2D eigenvalue weighted by molar-refractivity contribution is 9.10. The molecule has 2 N–H and O–H groups in total. The van der Waals surface area contributed by atoms with Gasteiger partial charge in [0.1, 0.15) is 10.8 Å². The van der Waals surface area contributed by atoms with Crippen molar-refractivity contribution in [3.05, 3.63) is 27.7 Å². The van der Waals surface area contributed by atoms with E-state index in [1.54, 1.807) is 25.3 Å². The third-order valence-electron chi connectivity index (χ3n) is 2.16. The van der Waals surface area contributed by atoms with E-state index in [9.17, 15) is 4.79 Å². The molecule has 19 heavy (non-hydrogen) atoms.